The van der Waals surface area contributed by atoms with Crippen molar-refractivity contribution < 1.29 is 14.3 Å². The Bertz CT molecular complexity index is 487. The third kappa shape index (κ3) is 8.10. The molecule has 1 atom stereocenters. The molecular weight excluding hydrogens is 370 g/mol. The van der Waals surface area contributed by atoms with Crippen molar-refractivity contribution in [1.82, 2.24) is 25.3 Å². The number of carbonyl (C=O) groups is 2. The van der Waals surface area contributed by atoms with Gasteiger partial charge in [-0.05, 0) is 45.8 Å². The highest BCUT2D eigenvalue weighted by atomic mass is 16.5. The molecule has 2 rings (SSSR count). The fourth-order valence-electron chi connectivity index (χ4n) is 4.04. The van der Waals surface area contributed by atoms with Gasteiger partial charge in [-0.2, -0.15) is 0 Å². The fourth-order valence-corrected chi connectivity index (χ4v) is 4.04. The van der Waals surface area contributed by atoms with Gasteiger partial charge >= 0.3 is 6.03 Å². The Morgan fingerprint density at radius 1 is 1.07 bits per heavy atom. The first kappa shape index (κ1) is 23.9. The molecule has 168 valence electrons. The van der Waals surface area contributed by atoms with Crippen LogP contribution < -0.4 is 10.6 Å². The number of nitrogens with zero attached hydrogens (tertiary/aromatic N) is 3. The van der Waals surface area contributed by atoms with E-state index in [0.717, 1.165) is 71.7 Å². The molecule has 0 aromatic carbocycles. The van der Waals surface area contributed by atoms with Crippen LogP contribution >= 0.6 is 0 Å². The second-order valence-electron chi connectivity index (χ2n) is 8.12. The van der Waals surface area contributed by atoms with Crippen molar-refractivity contribution in [1.29, 1.82) is 0 Å². The Morgan fingerprint density at radius 2 is 1.72 bits per heavy atom. The predicted molar refractivity (Wildman–Crippen MR) is 115 cm³/mol. The molecule has 2 heterocycles. The standard InChI is InChI=1S/C21H41N5O3/c1-4-24(5-2)10-6-9-22-20(27)19-7-11-26(12-8-19)21(28)23-17-18(3)25-13-15-29-16-14-25/h18-19H,4-17H2,1-3H3,(H,22,27)(H,23,28). The number of nitrogens with one attached hydrogen (secondary N) is 2. The zero-order chi connectivity index (χ0) is 21.1. The molecule has 2 saturated heterocycles. The van der Waals surface area contributed by atoms with Gasteiger partial charge in [-0.3, -0.25) is 9.69 Å². The van der Waals surface area contributed by atoms with Crippen molar-refractivity contribution in [3.05, 3.63) is 0 Å². The van der Waals surface area contributed by atoms with E-state index in [0.29, 0.717) is 25.7 Å². The molecule has 2 aliphatic heterocycles. The van der Waals surface area contributed by atoms with Crippen LogP contribution in [0.5, 0.6) is 0 Å². The smallest absolute Gasteiger partial charge is 0.317 e. The van der Waals surface area contributed by atoms with E-state index >= 15 is 0 Å². The minimum Gasteiger partial charge on any atom is -0.379 e. The average molecular weight is 412 g/mol. The Labute approximate surface area is 176 Å². The van der Waals surface area contributed by atoms with Crippen LogP contribution in [0.4, 0.5) is 4.79 Å². The van der Waals surface area contributed by atoms with Gasteiger partial charge in [0, 0.05) is 51.2 Å². The van der Waals surface area contributed by atoms with Gasteiger partial charge in [0.25, 0.3) is 0 Å². The summed E-state index contributed by atoms with van der Waals surface area (Å²) in [5.41, 5.74) is 0. The largest absolute Gasteiger partial charge is 0.379 e. The summed E-state index contributed by atoms with van der Waals surface area (Å²) in [6.07, 6.45) is 2.47. The number of urea groups is 1. The summed E-state index contributed by atoms with van der Waals surface area (Å²) in [7, 11) is 0. The van der Waals surface area contributed by atoms with E-state index in [1.54, 1.807) is 0 Å². The summed E-state index contributed by atoms with van der Waals surface area (Å²) in [6.45, 7) is 15.6. The molecule has 0 aromatic rings. The molecule has 1 unspecified atom stereocenters. The molecule has 0 aromatic heterocycles. The molecule has 0 spiro atoms. The van der Waals surface area contributed by atoms with Crippen molar-refractivity contribution in [3.63, 3.8) is 0 Å². The molecular formula is C21H41N5O3. The number of hydrogen-bond donors (Lipinski definition) is 2. The molecule has 0 saturated carbocycles. The van der Waals surface area contributed by atoms with Gasteiger partial charge in [0.05, 0.1) is 13.2 Å². The lowest BCUT2D eigenvalue weighted by Gasteiger charge is -2.34. The molecule has 0 aliphatic carbocycles. The number of carbonyl (C=O) groups excluding carboxylic acids is 2. The number of rotatable bonds is 10. The van der Waals surface area contributed by atoms with Crippen LogP contribution in [0, 0.1) is 5.92 Å². The summed E-state index contributed by atoms with van der Waals surface area (Å²) in [6, 6.07) is 0.297. The number of piperidine rings is 1. The first-order chi connectivity index (χ1) is 14.0. The molecule has 0 radical (unpaired) electrons. The zero-order valence-electron chi connectivity index (χ0n) is 18.6. The van der Waals surface area contributed by atoms with Gasteiger partial charge in [-0.1, -0.05) is 13.8 Å². The number of morpholine rings is 1. The minimum absolute atomic E-state index is 0.0109. The topological polar surface area (TPSA) is 77.2 Å². The zero-order valence-corrected chi connectivity index (χ0v) is 18.6. The van der Waals surface area contributed by atoms with Gasteiger partial charge in [0.2, 0.25) is 5.91 Å². The maximum absolute atomic E-state index is 12.5. The van der Waals surface area contributed by atoms with Crippen LogP contribution in [0.3, 0.4) is 0 Å². The highest BCUT2D eigenvalue weighted by molar-refractivity contribution is 5.79. The highest BCUT2D eigenvalue weighted by Gasteiger charge is 2.27. The quantitative estimate of drug-likeness (QED) is 0.524. The number of likely N-dealkylation sites (tertiary alicyclic amines) is 1. The van der Waals surface area contributed by atoms with E-state index < -0.39 is 0 Å². The number of amides is 3. The molecule has 8 heteroatoms. The second-order valence-corrected chi connectivity index (χ2v) is 8.12. The van der Waals surface area contributed by atoms with Crippen molar-refractivity contribution in [2.45, 2.75) is 46.1 Å². The van der Waals surface area contributed by atoms with Crippen LogP contribution in [0.2, 0.25) is 0 Å². The van der Waals surface area contributed by atoms with Crippen LogP contribution in [-0.4, -0.2) is 105 Å². The van der Waals surface area contributed by atoms with E-state index in [4.69, 9.17) is 4.74 Å². The molecule has 2 N–H and O–H groups in total. The maximum atomic E-state index is 12.5. The van der Waals surface area contributed by atoms with E-state index in [1.807, 2.05) is 4.90 Å². The first-order valence-corrected chi connectivity index (χ1v) is 11.4. The Morgan fingerprint density at radius 3 is 2.34 bits per heavy atom. The lowest BCUT2D eigenvalue weighted by atomic mass is 9.96. The Kier molecular flexibility index (Phi) is 10.7. The lowest BCUT2D eigenvalue weighted by molar-refractivity contribution is -0.126. The van der Waals surface area contributed by atoms with Crippen LogP contribution in [0.1, 0.15) is 40.0 Å². The Balaban J connectivity index is 1.59. The molecule has 8 nitrogen and oxygen atoms in total. The van der Waals surface area contributed by atoms with Gasteiger partial charge in [-0.15, -0.1) is 0 Å². The monoisotopic (exact) mass is 411 g/mol. The van der Waals surface area contributed by atoms with Crippen LogP contribution in [0.15, 0.2) is 0 Å². The van der Waals surface area contributed by atoms with Crippen LogP contribution in [0.25, 0.3) is 0 Å². The van der Waals surface area contributed by atoms with E-state index in [2.05, 4.69) is 41.2 Å². The van der Waals surface area contributed by atoms with Crippen molar-refractivity contribution in [2.24, 2.45) is 5.92 Å². The molecule has 3 amide bonds. The third-order valence-corrected chi connectivity index (χ3v) is 6.22. The molecule has 2 aliphatic rings. The molecule has 29 heavy (non-hydrogen) atoms. The second kappa shape index (κ2) is 13.0. The summed E-state index contributed by atoms with van der Waals surface area (Å²) < 4.78 is 5.38. The Hall–Kier alpha value is -1.38. The van der Waals surface area contributed by atoms with Gasteiger partial charge in [0.15, 0.2) is 0 Å². The highest BCUT2D eigenvalue weighted by Crippen LogP contribution is 2.17. The minimum atomic E-state index is -0.0109. The fraction of sp³-hybridized carbons (Fsp3) is 0.905. The first-order valence-electron chi connectivity index (χ1n) is 11.4. The lowest BCUT2D eigenvalue weighted by Crippen LogP contribution is -2.51. The van der Waals surface area contributed by atoms with Crippen molar-refractivity contribution >= 4 is 11.9 Å². The average Bonchev–Trinajstić information content (AvgIpc) is 2.77. The normalized spacial score (nSPS) is 19.9. The van der Waals surface area contributed by atoms with Gasteiger partial charge < -0.3 is 25.2 Å². The van der Waals surface area contributed by atoms with E-state index in [9.17, 15) is 9.59 Å². The SMILES string of the molecule is CCN(CC)CCCNC(=O)C1CCN(C(=O)NCC(C)N2CCOCC2)CC1. The molecule has 0 bridgehead atoms. The number of ether oxygens (including phenoxy) is 1. The molecule has 2 fully saturated rings. The van der Waals surface area contributed by atoms with E-state index in [-0.39, 0.29) is 17.9 Å². The predicted octanol–water partition coefficient (Wildman–Crippen LogP) is 0.977. The van der Waals surface area contributed by atoms with E-state index in [1.165, 1.54) is 0 Å². The summed E-state index contributed by atoms with van der Waals surface area (Å²) in [5.74, 6) is 0.172. The third-order valence-electron chi connectivity index (χ3n) is 6.22. The van der Waals surface area contributed by atoms with Crippen LogP contribution in [-0.2, 0) is 9.53 Å². The van der Waals surface area contributed by atoms with Gasteiger partial charge in [0.1, 0.15) is 0 Å². The van der Waals surface area contributed by atoms with Crippen molar-refractivity contribution in [3.8, 4) is 0 Å². The summed E-state index contributed by atoms with van der Waals surface area (Å²) in [4.78, 5) is 31.4. The van der Waals surface area contributed by atoms with Gasteiger partial charge in [-0.25, -0.2) is 4.79 Å². The summed E-state index contributed by atoms with van der Waals surface area (Å²) in [5, 5.41) is 6.13. The summed E-state index contributed by atoms with van der Waals surface area (Å²) >= 11 is 0. The van der Waals surface area contributed by atoms with Crippen molar-refractivity contribution in [2.75, 3.05) is 72.1 Å². The maximum Gasteiger partial charge on any atom is 0.317 e. The number of hydrogen-bond acceptors (Lipinski definition) is 5.